The minimum atomic E-state index is -0.905. The van der Waals surface area contributed by atoms with E-state index < -0.39 is 11.9 Å². The monoisotopic (exact) mass is 283 g/mol. The largest absolute Gasteiger partial charge is 0.370 e. The Hall–Kier alpha value is -1.59. The molecule has 0 bridgehead atoms. The first-order chi connectivity index (χ1) is 8.82. The summed E-state index contributed by atoms with van der Waals surface area (Å²) in [5.41, 5.74) is 11.6. The number of hydrogen-bond acceptors (Lipinski definition) is 3. The zero-order chi connectivity index (χ0) is 14.6. The van der Waals surface area contributed by atoms with E-state index in [1.807, 2.05) is 19.1 Å². The second kappa shape index (κ2) is 6.54. The molecule has 2 atom stereocenters. The molecule has 0 saturated heterocycles. The van der Waals surface area contributed by atoms with E-state index in [-0.39, 0.29) is 18.4 Å². The van der Waals surface area contributed by atoms with Gasteiger partial charge >= 0.3 is 0 Å². The quantitative estimate of drug-likeness (QED) is 0.847. The Morgan fingerprint density at radius 1 is 1.32 bits per heavy atom. The van der Waals surface area contributed by atoms with E-state index >= 15 is 0 Å². The smallest absolute Gasteiger partial charge is 0.240 e. The van der Waals surface area contributed by atoms with Crippen LogP contribution in [0.2, 0.25) is 5.02 Å². The van der Waals surface area contributed by atoms with Gasteiger partial charge in [0, 0.05) is 12.1 Å². The maximum Gasteiger partial charge on any atom is 0.240 e. The van der Waals surface area contributed by atoms with E-state index in [2.05, 4.69) is 0 Å². The fourth-order valence-electron chi connectivity index (χ4n) is 1.72. The first kappa shape index (κ1) is 15.5. The molecule has 0 aliphatic heterocycles. The maximum atomic E-state index is 12.0. The van der Waals surface area contributed by atoms with E-state index in [1.165, 1.54) is 4.90 Å². The number of rotatable bonds is 5. The summed E-state index contributed by atoms with van der Waals surface area (Å²) in [6.45, 7) is 1.87. The van der Waals surface area contributed by atoms with Crippen LogP contribution in [0, 0.1) is 0 Å². The third-order valence-electron chi connectivity index (χ3n) is 3.02. The van der Waals surface area contributed by atoms with Crippen LogP contribution in [0.25, 0.3) is 0 Å². The van der Waals surface area contributed by atoms with Gasteiger partial charge in [-0.15, -0.1) is 0 Å². The van der Waals surface area contributed by atoms with Gasteiger partial charge in [0.05, 0.1) is 18.5 Å². The van der Waals surface area contributed by atoms with E-state index in [0.29, 0.717) is 5.02 Å². The molecule has 1 aromatic carbocycles. The van der Waals surface area contributed by atoms with E-state index in [0.717, 1.165) is 5.56 Å². The van der Waals surface area contributed by atoms with E-state index in [9.17, 15) is 9.59 Å². The molecule has 1 rings (SSSR count). The number of nitrogens with two attached hydrogens (primary N) is 2. The summed E-state index contributed by atoms with van der Waals surface area (Å²) in [4.78, 5) is 24.3. The molecule has 0 radical (unpaired) electrons. The van der Waals surface area contributed by atoms with Gasteiger partial charge in [-0.2, -0.15) is 0 Å². The number of likely N-dealkylation sites (N-methyl/N-ethyl adjacent to an activating group) is 1. The fraction of sp³-hybridized carbons (Fsp3) is 0.385. The molecule has 0 aliphatic carbocycles. The third-order valence-corrected chi connectivity index (χ3v) is 3.27. The first-order valence-corrected chi connectivity index (χ1v) is 6.26. The van der Waals surface area contributed by atoms with Crippen molar-refractivity contribution in [2.75, 3.05) is 7.05 Å². The second-order valence-corrected chi connectivity index (χ2v) is 4.89. The number of carbonyl (C=O) groups is 2. The lowest BCUT2D eigenvalue weighted by Crippen LogP contribution is -2.44. The zero-order valence-electron chi connectivity index (χ0n) is 11.0. The van der Waals surface area contributed by atoms with Gasteiger partial charge in [0.2, 0.25) is 11.8 Å². The van der Waals surface area contributed by atoms with Gasteiger partial charge in [0.25, 0.3) is 0 Å². The molecular formula is C13H18ClN3O2. The molecule has 19 heavy (non-hydrogen) atoms. The number of carbonyl (C=O) groups excluding carboxylic acids is 2. The normalized spacial score (nSPS) is 13.7. The standard InChI is InChI=1S/C13H18ClN3O2/c1-8(9-3-5-10(14)6-4-9)17(2)13(19)11(15)7-12(16)18/h3-6,8,11H,7,15H2,1-2H3,(H2,16,18). The van der Waals surface area contributed by atoms with Crippen molar-refractivity contribution in [3.63, 3.8) is 0 Å². The Labute approximate surface area is 117 Å². The Balaban J connectivity index is 2.76. The van der Waals surface area contributed by atoms with Gasteiger partial charge in [-0.05, 0) is 24.6 Å². The summed E-state index contributed by atoms with van der Waals surface area (Å²) in [6.07, 6.45) is -0.156. The summed E-state index contributed by atoms with van der Waals surface area (Å²) in [6, 6.07) is 6.14. The third kappa shape index (κ3) is 4.22. The minimum absolute atomic E-state index is 0.156. The lowest BCUT2D eigenvalue weighted by molar-refractivity contribution is -0.135. The summed E-state index contributed by atoms with van der Waals surface area (Å²) >= 11 is 5.81. The van der Waals surface area contributed by atoms with Crippen LogP contribution in [0.15, 0.2) is 24.3 Å². The molecule has 4 N–H and O–H groups in total. The van der Waals surface area contributed by atoms with Crippen LogP contribution in [-0.2, 0) is 9.59 Å². The maximum absolute atomic E-state index is 12.0. The highest BCUT2D eigenvalue weighted by Crippen LogP contribution is 2.21. The first-order valence-electron chi connectivity index (χ1n) is 5.89. The van der Waals surface area contributed by atoms with Gasteiger partial charge in [-0.25, -0.2) is 0 Å². The fourth-order valence-corrected chi connectivity index (χ4v) is 1.85. The predicted octanol–water partition coefficient (Wildman–Crippen LogP) is 1.06. The lowest BCUT2D eigenvalue weighted by atomic mass is 10.1. The van der Waals surface area contributed by atoms with Crippen LogP contribution >= 0.6 is 11.6 Å². The summed E-state index contributed by atoms with van der Waals surface area (Å²) in [7, 11) is 1.64. The molecule has 5 nitrogen and oxygen atoms in total. The highest BCUT2D eigenvalue weighted by atomic mass is 35.5. The Morgan fingerprint density at radius 3 is 2.32 bits per heavy atom. The summed E-state index contributed by atoms with van der Waals surface area (Å²) in [5, 5.41) is 0.635. The number of amides is 2. The van der Waals surface area contributed by atoms with E-state index in [1.54, 1.807) is 19.2 Å². The predicted molar refractivity (Wildman–Crippen MR) is 74.4 cm³/mol. The average molecular weight is 284 g/mol. The number of nitrogens with zero attached hydrogens (tertiary/aromatic N) is 1. The van der Waals surface area contributed by atoms with Crippen LogP contribution in [0.1, 0.15) is 24.9 Å². The molecule has 0 heterocycles. The number of benzene rings is 1. The number of halogens is 1. The van der Waals surface area contributed by atoms with Crippen LogP contribution < -0.4 is 11.5 Å². The van der Waals surface area contributed by atoms with Crippen molar-refractivity contribution in [3.05, 3.63) is 34.9 Å². The van der Waals surface area contributed by atoms with Crippen molar-refractivity contribution < 1.29 is 9.59 Å². The van der Waals surface area contributed by atoms with Crippen molar-refractivity contribution in [1.82, 2.24) is 4.90 Å². The average Bonchev–Trinajstić information content (AvgIpc) is 2.36. The Morgan fingerprint density at radius 2 is 1.84 bits per heavy atom. The van der Waals surface area contributed by atoms with Gasteiger partial charge in [0.1, 0.15) is 0 Å². The summed E-state index contributed by atoms with van der Waals surface area (Å²) in [5.74, 6) is -0.908. The SMILES string of the molecule is CC(c1ccc(Cl)cc1)N(C)C(=O)C(N)CC(N)=O. The topological polar surface area (TPSA) is 89.4 Å². The van der Waals surface area contributed by atoms with Crippen molar-refractivity contribution in [2.45, 2.75) is 25.4 Å². The van der Waals surface area contributed by atoms with Crippen LogP contribution in [0.3, 0.4) is 0 Å². The van der Waals surface area contributed by atoms with Gasteiger partial charge in [-0.3, -0.25) is 9.59 Å². The van der Waals surface area contributed by atoms with Crippen molar-refractivity contribution >= 4 is 23.4 Å². The molecule has 0 saturated carbocycles. The Bertz CT molecular complexity index is 461. The van der Waals surface area contributed by atoms with E-state index in [4.69, 9.17) is 23.1 Å². The Kier molecular flexibility index (Phi) is 5.32. The molecule has 1 aromatic rings. The second-order valence-electron chi connectivity index (χ2n) is 4.45. The summed E-state index contributed by atoms with van der Waals surface area (Å²) < 4.78 is 0. The van der Waals surface area contributed by atoms with Crippen molar-refractivity contribution in [3.8, 4) is 0 Å². The molecule has 0 fully saturated rings. The van der Waals surface area contributed by atoms with Crippen LogP contribution in [0.4, 0.5) is 0 Å². The number of hydrogen-bond donors (Lipinski definition) is 2. The molecule has 0 spiro atoms. The van der Waals surface area contributed by atoms with Gasteiger partial charge in [-0.1, -0.05) is 23.7 Å². The zero-order valence-corrected chi connectivity index (χ0v) is 11.7. The molecule has 2 amide bonds. The molecule has 0 aromatic heterocycles. The van der Waals surface area contributed by atoms with Crippen LogP contribution in [-0.4, -0.2) is 29.8 Å². The van der Waals surface area contributed by atoms with Gasteiger partial charge in [0.15, 0.2) is 0 Å². The molecular weight excluding hydrogens is 266 g/mol. The molecule has 6 heteroatoms. The highest BCUT2D eigenvalue weighted by molar-refractivity contribution is 6.30. The van der Waals surface area contributed by atoms with Gasteiger partial charge < -0.3 is 16.4 Å². The lowest BCUT2D eigenvalue weighted by Gasteiger charge is -2.27. The highest BCUT2D eigenvalue weighted by Gasteiger charge is 2.24. The number of primary amides is 1. The van der Waals surface area contributed by atoms with Crippen molar-refractivity contribution in [2.24, 2.45) is 11.5 Å². The molecule has 0 aliphatic rings. The molecule has 2 unspecified atom stereocenters. The minimum Gasteiger partial charge on any atom is -0.370 e. The molecule has 104 valence electrons. The van der Waals surface area contributed by atoms with Crippen molar-refractivity contribution in [1.29, 1.82) is 0 Å². The van der Waals surface area contributed by atoms with Crippen LogP contribution in [0.5, 0.6) is 0 Å².